The van der Waals surface area contributed by atoms with E-state index in [-0.39, 0.29) is 0 Å². The Labute approximate surface area is 124 Å². The molecule has 2 aliphatic carbocycles. The third-order valence-corrected chi connectivity index (χ3v) is 4.11. The van der Waals surface area contributed by atoms with Gasteiger partial charge in [-0.1, -0.05) is 0 Å². The van der Waals surface area contributed by atoms with Crippen LogP contribution in [0, 0.1) is 0 Å². The van der Waals surface area contributed by atoms with E-state index in [1.807, 2.05) is 0 Å². The molecule has 2 heteroatoms. The second-order valence-electron chi connectivity index (χ2n) is 5.94. The monoisotopic (exact) mass is 278 g/mol. The van der Waals surface area contributed by atoms with Gasteiger partial charge in [-0.2, -0.15) is 0 Å². The molecule has 0 aromatic rings. The number of hydrogen-bond donors (Lipinski definition) is 0. The summed E-state index contributed by atoms with van der Waals surface area (Å²) in [6.45, 7) is 1.80. The summed E-state index contributed by atoms with van der Waals surface area (Å²) in [6, 6.07) is 0. The van der Waals surface area contributed by atoms with Crippen molar-refractivity contribution >= 4 is 0 Å². The summed E-state index contributed by atoms with van der Waals surface area (Å²) in [5.41, 5.74) is 0. The Balaban J connectivity index is 1.38. The lowest BCUT2D eigenvalue weighted by atomic mass is 10.1. The van der Waals surface area contributed by atoms with Crippen molar-refractivity contribution in [2.45, 2.75) is 77.0 Å². The van der Waals surface area contributed by atoms with E-state index in [9.17, 15) is 0 Å². The Morgan fingerprint density at radius 3 is 1.55 bits per heavy atom. The van der Waals surface area contributed by atoms with Gasteiger partial charge in [0.25, 0.3) is 0 Å². The summed E-state index contributed by atoms with van der Waals surface area (Å²) in [4.78, 5) is 0. The van der Waals surface area contributed by atoms with Crippen molar-refractivity contribution in [2.75, 3.05) is 13.2 Å². The molecule has 0 bridgehead atoms. The quantitative estimate of drug-likeness (QED) is 0.519. The lowest BCUT2D eigenvalue weighted by Crippen LogP contribution is -2.00. The van der Waals surface area contributed by atoms with Crippen LogP contribution in [0.3, 0.4) is 0 Å². The molecule has 2 nitrogen and oxygen atoms in total. The number of ether oxygens (including phenoxy) is 2. The summed E-state index contributed by atoms with van der Waals surface area (Å²) in [7, 11) is 0. The molecule has 0 unspecified atom stereocenters. The molecule has 0 atom stereocenters. The van der Waals surface area contributed by atoms with Crippen LogP contribution in [0.4, 0.5) is 0 Å². The van der Waals surface area contributed by atoms with E-state index in [0.29, 0.717) is 0 Å². The second-order valence-corrected chi connectivity index (χ2v) is 5.94. The molecule has 0 radical (unpaired) electrons. The average Bonchev–Trinajstić information content (AvgIpc) is 2.52. The standard InChI is InChI=1S/C18H30O2/c1(9-15-19-17-11-5-3-6-12-17)2-10-16-20-18-13-7-4-8-14-18/h11,13H,1-10,12,14-16H2. The van der Waals surface area contributed by atoms with Gasteiger partial charge in [-0.05, 0) is 76.4 Å². The van der Waals surface area contributed by atoms with Crippen LogP contribution in [-0.4, -0.2) is 13.2 Å². The van der Waals surface area contributed by atoms with E-state index in [4.69, 9.17) is 9.47 Å². The van der Waals surface area contributed by atoms with E-state index >= 15 is 0 Å². The Kier molecular flexibility index (Phi) is 7.66. The molecule has 2 rings (SSSR count). The van der Waals surface area contributed by atoms with E-state index in [0.717, 1.165) is 26.1 Å². The molecule has 0 saturated carbocycles. The first-order valence-electron chi connectivity index (χ1n) is 8.59. The van der Waals surface area contributed by atoms with E-state index < -0.39 is 0 Å². The van der Waals surface area contributed by atoms with Gasteiger partial charge in [-0.25, -0.2) is 0 Å². The van der Waals surface area contributed by atoms with Crippen molar-refractivity contribution in [1.82, 2.24) is 0 Å². The lowest BCUT2D eigenvalue weighted by Gasteiger charge is -2.15. The SMILES string of the molecule is C1=C(OCCCCCCOC2=CCCCC2)CCCC1. The molecule has 0 fully saturated rings. The summed E-state index contributed by atoms with van der Waals surface area (Å²) < 4.78 is 11.6. The van der Waals surface area contributed by atoms with Crippen LogP contribution < -0.4 is 0 Å². The third kappa shape index (κ3) is 6.49. The maximum Gasteiger partial charge on any atom is 0.0919 e. The smallest absolute Gasteiger partial charge is 0.0919 e. The second kappa shape index (κ2) is 9.90. The van der Waals surface area contributed by atoms with Gasteiger partial charge in [0, 0.05) is 12.8 Å². The Morgan fingerprint density at radius 1 is 0.650 bits per heavy atom. The van der Waals surface area contributed by atoms with Crippen LogP contribution in [0.15, 0.2) is 23.7 Å². The van der Waals surface area contributed by atoms with Crippen molar-refractivity contribution < 1.29 is 9.47 Å². The van der Waals surface area contributed by atoms with Crippen molar-refractivity contribution in [3.05, 3.63) is 23.7 Å². The minimum atomic E-state index is 0.901. The van der Waals surface area contributed by atoms with E-state index in [1.54, 1.807) is 0 Å². The van der Waals surface area contributed by atoms with E-state index in [1.165, 1.54) is 75.7 Å². The summed E-state index contributed by atoms with van der Waals surface area (Å²) in [6.07, 6.45) is 19.4. The Bertz CT molecular complexity index is 285. The topological polar surface area (TPSA) is 18.5 Å². The zero-order valence-electron chi connectivity index (χ0n) is 12.9. The normalized spacial score (nSPS) is 19.2. The highest BCUT2D eigenvalue weighted by atomic mass is 16.5. The molecule has 0 aromatic heterocycles. The van der Waals surface area contributed by atoms with Crippen LogP contribution in [0.1, 0.15) is 77.0 Å². The highest BCUT2D eigenvalue weighted by molar-refractivity contribution is 4.97. The number of allylic oxidation sites excluding steroid dienone is 4. The maximum atomic E-state index is 5.81. The van der Waals surface area contributed by atoms with Gasteiger partial charge < -0.3 is 9.47 Å². The van der Waals surface area contributed by atoms with Crippen LogP contribution >= 0.6 is 0 Å². The first-order chi connectivity index (χ1) is 9.95. The number of hydrogen-bond acceptors (Lipinski definition) is 2. The molecule has 2 aliphatic rings. The molecular weight excluding hydrogens is 248 g/mol. The van der Waals surface area contributed by atoms with Gasteiger partial charge in [0.1, 0.15) is 0 Å². The largest absolute Gasteiger partial charge is 0.498 e. The third-order valence-electron chi connectivity index (χ3n) is 4.11. The predicted molar refractivity (Wildman–Crippen MR) is 83.5 cm³/mol. The van der Waals surface area contributed by atoms with Gasteiger partial charge in [0.15, 0.2) is 0 Å². The molecule has 0 spiro atoms. The molecule has 114 valence electrons. The fourth-order valence-corrected chi connectivity index (χ4v) is 2.84. The molecule has 0 N–H and O–H groups in total. The molecule has 0 heterocycles. The first-order valence-corrected chi connectivity index (χ1v) is 8.59. The summed E-state index contributed by atoms with van der Waals surface area (Å²) in [5, 5.41) is 0. The lowest BCUT2D eigenvalue weighted by molar-refractivity contribution is 0.178. The molecular formula is C18H30O2. The zero-order valence-corrected chi connectivity index (χ0v) is 12.9. The molecule has 0 aromatic carbocycles. The highest BCUT2D eigenvalue weighted by Crippen LogP contribution is 2.19. The highest BCUT2D eigenvalue weighted by Gasteiger charge is 2.05. The number of unbranched alkanes of at least 4 members (excludes halogenated alkanes) is 3. The van der Waals surface area contributed by atoms with Gasteiger partial charge in [0.05, 0.1) is 24.7 Å². The molecule has 0 saturated heterocycles. The van der Waals surface area contributed by atoms with Gasteiger partial charge in [-0.3, -0.25) is 0 Å². The van der Waals surface area contributed by atoms with Crippen LogP contribution in [-0.2, 0) is 9.47 Å². The van der Waals surface area contributed by atoms with Crippen molar-refractivity contribution in [2.24, 2.45) is 0 Å². The van der Waals surface area contributed by atoms with E-state index in [2.05, 4.69) is 12.2 Å². The van der Waals surface area contributed by atoms with Gasteiger partial charge >= 0.3 is 0 Å². The maximum absolute atomic E-state index is 5.81. The minimum Gasteiger partial charge on any atom is -0.498 e. The van der Waals surface area contributed by atoms with Crippen LogP contribution in [0.2, 0.25) is 0 Å². The number of rotatable bonds is 9. The van der Waals surface area contributed by atoms with Crippen LogP contribution in [0.25, 0.3) is 0 Å². The molecule has 20 heavy (non-hydrogen) atoms. The Morgan fingerprint density at radius 2 is 1.15 bits per heavy atom. The summed E-state index contributed by atoms with van der Waals surface area (Å²) >= 11 is 0. The Hall–Kier alpha value is -0.920. The molecule has 0 amide bonds. The van der Waals surface area contributed by atoms with Crippen molar-refractivity contribution in [3.63, 3.8) is 0 Å². The zero-order chi connectivity index (χ0) is 13.9. The van der Waals surface area contributed by atoms with Crippen molar-refractivity contribution in [1.29, 1.82) is 0 Å². The minimum absolute atomic E-state index is 0.901. The van der Waals surface area contributed by atoms with Crippen molar-refractivity contribution in [3.8, 4) is 0 Å². The first kappa shape index (κ1) is 15.5. The van der Waals surface area contributed by atoms with Gasteiger partial charge in [-0.15, -0.1) is 0 Å². The molecule has 0 aliphatic heterocycles. The van der Waals surface area contributed by atoms with Crippen LogP contribution in [0.5, 0.6) is 0 Å². The average molecular weight is 278 g/mol. The fourth-order valence-electron chi connectivity index (χ4n) is 2.84. The van der Waals surface area contributed by atoms with Gasteiger partial charge in [0.2, 0.25) is 0 Å². The summed E-state index contributed by atoms with van der Waals surface area (Å²) in [5.74, 6) is 2.48. The predicted octanol–water partition coefficient (Wildman–Crippen LogP) is 5.50. The fraction of sp³-hybridized carbons (Fsp3) is 0.778.